The molecule has 0 saturated carbocycles. The Hall–Kier alpha value is -0.910. The van der Waals surface area contributed by atoms with Gasteiger partial charge < -0.3 is 0 Å². The third-order valence-corrected chi connectivity index (χ3v) is 5.96. The summed E-state index contributed by atoms with van der Waals surface area (Å²) in [6.07, 6.45) is 1.29. The molecule has 138 valence electrons. The van der Waals surface area contributed by atoms with Gasteiger partial charge >= 0.3 is 0 Å². The fourth-order valence-corrected chi connectivity index (χ4v) is 4.60. The first-order valence-corrected chi connectivity index (χ1v) is 9.81. The van der Waals surface area contributed by atoms with Crippen LogP contribution in [0.4, 0.5) is 0 Å². The molecule has 0 amide bonds. The molecule has 0 aliphatic carbocycles. The molecular formula is C20H31ClN4. The summed E-state index contributed by atoms with van der Waals surface area (Å²) in [6, 6.07) is 10.8. The highest BCUT2D eigenvalue weighted by atomic mass is 35.5. The second-order valence-corrected chi connectivity index (χ2v) is 8.02. The van der Waals surface area contributed by atoms with E-state index < -0.39 is 4.87 Å². The van der Waals surface area contributed by atoms with E-state index in [9.17, 15) is 0 Å². The van der Waals surface area contributed by atoms with Crippen LogP contribution in [0.5, 0.6) is 0 Å². The Labute approximate surface area is 156 Å². The number of alkyl halides is 1. The van der Waals surface area contributed by atoms with Gasteiger partial charge in [-0.1, -0.05) is 42.8 Å². The Kier molecular flexibility index (Phi) is 6.18. The number of hydrogen-bond acceptors (Lipinski definition) is 4. The topological polar surface area (TPSA) is 48.1 Å². The maximum Gasteiger partial charge on any atom is 0.0920 e. The smallest absolute Gasteiger partial charge is 0.0920 e. The lowest BCUT2D eigenvalue weighted by Crippen LogP contribution is -2.53. The van der Waals surface area contributed by atoms with Gasteiger partial charge in [0.05, 0.1) is 17.2 Å². The van der Waals surface area contributed by atoms with Crippen LogP contribution in [0.15, 0.2) is 41.5 Å². The normalized spacial score (nSPS) is 24.2. The Morgan fingerprint density at radius 2 is 1.64 bits per heavy atom. The van der Waals surface area contributed by atoms with Gasteiger partial charge in [0.1, 0.15) is 0 Å². The molecule has 2 atom stereocenters. The van der Waals surface area contributed by atoms with E-state index in [1.54, 1.807) is 0 Å². The molecule has 5 heteroatoms. The zero-order valence-electron chi connectivity index (χ0n) is 15.5. The van der Waals surface area contributed by atoms with Crippen molar-refractivity contribution in [3.05, 3.63) is 47.0 Å². The summed E-state index contributed by atoms with van der Waals surface area (Å²) in [7, 11) is 0. The van der Waals surface area contributed by atoms with Crippen molar-refractivity contribution in [2.45, 2.75) is 50.3 Å². The summed E-state index contributed by atoms with van der Waals surface area (Å²) in [5.74, 6) is 0.204. The molecule has 0 bridgehead atoms. The highest BCUT2D eigenvalue weighted by Gasteiger charge is 2.44. The van der Waals surface area contributed by atoms with Gasteiger partial charge in [0.2, 0.25) is 0 Å². The number of nitrogens with one attached hydrogen (secondary N) is 4. The van der Waals surface area contributed by atoms with Crippen LogP contribution in [0, 0.1) is 0 Å². The maximum absolute atomic E-state index is 7.27. The average molecular weight is 363 g/mol. The van der Waals surface area contributed by atoms with Crippen molar-refractivity contribution < 1.29 is 0 Å². The number of hydrogen-bond donors (Lipinski definition) is 4. The number of halogens is 1. The Bertz CT molecular complexity index is 587. The number of allylic oxidation sites excluding steroid dienone is 1. The summed E-state index contributed by atoms with van der Waals surface area (Å²) < 4.78 is 0. The molecule has 2 heterocycles. The van der Waals surface area contributed by atoms with E-state index >= 15 is 0 Å². The number of benzene rings is 1. The fraction of sp³-hybridized carbons (Fsp3) is 0.600. The number of rotatable bonds is 6. The van der Waals surface area contributed by atoms with Gasteiger partial charge in [-0.2, -0.15) is 0 Å². The van der Waals surface area contributed by atoms with E-state index in [2.05, 4.69) is 72.4 Å². The molecule has 4 nitrogen and oxygen atoms in total. The SMILES string of the molecule is CC/C(C)=C(/C(c1ccccc1)C1NCCN1)C(C)(Cl)C1NCCN1. The second kappa shape index (κ2) is 8.19. The largest absolute Gasteiger partial charge is 0.300 e. The summed E-state index contributed by atoms with van der Waals surface area (Å²) >= 11 is 7.27. The molecule has 2 aliphatic rings. The van der Waals surface area contributed by atoms with Crippen molar-refractivity contribution in [3.8, 4) is 0 Å². The molecular weight excluding hydrogens is 332 g/mol. The molecule has 0 radical (unpaired) electrons. The van der Waals surface area contributed by atoms with Gasteiger partial charge in [-0.05, 0) is 31.4 Å². The predicted octanol–water partition coefficient (Wildman–Crippen LogP) is 2.53. The van der Waals surface area contributed by atoms with E-state index in [1.165, 1.54) is 16.7 Å². The summed E-state index contributed by atoms with van der Waals surface area (Å²) in [4.78, 5) is -0.497. The fourth-order valence-electron chi connectivity index (χ4n) is 4.17. The Morgan fingerprint density at radius 1 is 1.08 bits per heavy atom. The third kappa shape index (κ3) is 3.93. The van der Waals surface area contributed by atoms with Crippen LogP contribution in [-0.2, 0) is 0 Å². The third-order valence-electron chi connectivity index (χ3n) is 5.54. The van der Waals surface area contributed by atoms with Crippen LogP contribution < -0.4 is 21.3 Å². The van der Waals surface area contributed by atoms with Gasteiger partial charge in [0.25, 0.3) is 0 Å². The molecule has 25 heavy (non-hydrogen) atoms. The van der Waals surface area contributed by atoms with E-state index in [-0.39, 0.29) is 18.2 Å². The lowest BCUT2D eigenvalue weighted by Gasteiger charge is -2.40. The molecule has 2 aliphatic heterocycles. The summed E-state index contributed by atoms with van der Waals surface area (Å²) in [5, 5.41) is 14.3. The molecule has 2 unspecified atom stereocenters. The van der Waals surface area contributed by atoms with E-state index in [0.717, 1.165) is 32.6 Å². The molecule has 3 rings (SSSR count). The first-order valence-electron chi connectivity index (χ1n) is 9.43. The highest BCUT2D eigenvalue weighted by Crippen LogP contribution is 2.43. The van der Waals surface area contributed by atoms with Crippen LogP contribution >= 0.6 is 11.6 Å². The van der Waals surface area contributed by atoms with E-state index in [4.69, 9.17) is 11.6 Å². The second-order valence-electron chi connectivity index (χ2n) is 7.24. The average Bonchev–Trinajstić information content (AvgIpc) is 3.33. The first-order chi connectivity index (χ1) is 12.1. The molecule has 1 aromatic rings. The summed E-state index contributed by atoms with van der Waals surface area (Å²) in [5.41, 5.74) is 4.00. The quantitative estimate of drug-likeness (QED) is 0.464. The van der Waals surface area contributed by atoms with Gasteiger partial charge in [-0.25, -0.2) is 0 Å². The lowest BCUT2D eigenvalue weighted by atomic mass is 9.77. The van der Waals surface area contributed by atoms with Crippen LogP contribution in [0.25, 0.3) is 0 Å². The monoisotopic (exact) mass is 362 g/mol. The van der Waals surface area contributed by atoms with Gasteiger partial charge in [0, 0.05) is 32.1 Å². The Balaban J connectivity index is 2.07. The van der Waals surface area contributed by atoms with Crippen molar-refractivity contribution >= 4 is 11.6 Å². The zero-order valence-corrected chi connectivity index (χ0v) is 16.3. The van der Waals surface area contributed by atoms with Crippen molar-refractivity contribution in [3.63, 3.8) is 0 Å². The van der Waals surface area contributed by atoms with Crippen molar-refractivity contribution in [2.75, 3.05) is 26.2 Å². The summed E-state index contributed by atoms with van der Waals surface area (Å²) in [6.45, 7) is 10.5. The van der Waals surface area contributed by atoms with Gasteiger partial charge in [-0.15, -0.1) is 11.6 Å². The van der Waals surface area contributed by atoms with Crippen LogP contribution in [0.3, 0.4) is 0 Å². The molecule has 2 saturated heterocycles. The van der Waals surface area contributed by atoms with Crippen LogP contribution in [0.2, 0.25) is 0 Å². The predicted molar refractivity (Wildman–Crippen MR) is 106 cm³/mol. The van der Waals surface area contributed by atoms with E-state index in [0.29, 0.717) is 0 Å². The van der Waals surface area contributed by atoms with E-state index in [1.807, 2.05) is 0 Å². The minimum atomic E-state index is -0.497. The van der Waals surface area contributed by atoms with Gasteiger partial charge in [0.15, 0.2) is 0 Å². The Morgan fingerprint density at radius 3 is 2.20 bits per heavy atom. The highest BCUT2D eigenvalue weighted by molar-refractivity contribution is 6.26. The minimum absolute atomic E-state index is 0.0817. The standard InChI is InChI=1S/C20H31ClN4/c1-4-14(2)17(20(3,21)19-24-12-13-25-19)16(18-22-10-11-23-18)15-8-6-5-7-9-15/h5-9,16,18-19,22-25H,4,10-13H2,1-3H3/b17-14-. The molecule has 1 aromatic carbocycles. The van der Waals surface area contributed by atoms with Crippen LogP contribution in [0.1, 0.15) is 38.7 Å². The van der Waals surface area contributed by atoms with Crippen molar-refractivity contribution in [2.24, 2.45) is 0 Å². The molecule has 2 fully saturated rings. The first kappa shape index (κ1) is 18.9. The van der Waals surface area contributed by atoms with Crippen LogP contribution in [-0.4, -0.2) is 43.4 Å². The zero-order chi connectivity index (χ0) is 17.9. The van der Waals surface area contributed by atoms with Crippen molar-refractivity contribution in [1.29, 1.82) is 0 Å². The molecule has 0 spiro atoms. The van der Waals surface area contributed by atoms with Crippen molar-refractivity contribution in [1.82, 2.24) is 21.3 Å². The molecule has 0 aromatic heterocycles. The van der Waals surface area contributed by atoms with Gasteiger partial charge in [-0.3, -0.25) is 21.3 Å². The molecule has 4 N–H and O–H groups in total. The maximum atomic E-state index is 7.27. The lowest BCUT2D eigenvalue weighted by molar-refractivity contribution is 0.403. The minimum Gasteiger partial charge on any atom is -0.300 e.